The van der Waals surface area contributed by atoms with Crippen molar-refractivity contribution in [3.05, 3.63) is 35.9 Å². The molecule has 4 heteroatoms. The molecule has 2 N–H and O–H groups in total. The number of benzene rings is 1. The molecule has 124 valence electrons. The molecule has 4 nitrogen and oxygen atoms in total. The number of nitrogens with zero attached hydrogens (tertiary/aromatic N) is 1. The Kier molecular flexibility index (Phi) is 10.1. The molecule has 0 aliphatic heterocycles. The summed E-state index contributed by atoms with van der Waals surface area (Å²) in [4.78, 5) is 4.26. The Morgan fingerprint density at radius 1 is 1.23 bits per heavy atom. The number of nitrogens with one attached hydrogen (secondary N) is 2. The number of hydrogen-bond acceptors (Lipinski definition) is 2. The van der Waals surface area contributed by atoms with Crippen molar-refractivity contribution in [3.8, 4) is 0 Å². The van der Waals surface area contributed by atoms with Crippen LogP contribution in [0.4, 0.5) is 0 Å². The largest absolute Gasteiger partial charge is 0.380 e. The monoisotopic (exact) mass is 305 g/mol. The summed E-state index contributed by atoms with van der Waals surface area (Å²) in [5.74, 6) is 0.847. The Morgan fingerprint density at radius 2 is 2.00 bits per heavy atom. The molecular weight excluding hydrogens is 274 g/mol. The lowest BCUT2D eigenvalue weighted by Gasteiger charge is -2.18. The zero-order chi connectivity index (χ0) is 16.0. The number of ether oxygens (including phenoxy) is 1. The van der Waals surface area contributed by atoms with Gasteiger partial charge in [0, 0.05) is 26.2 Å². The van der Waals surface area contributed by atoms with Gasteiger partial charge in [0.25, 0.3) is 0 Å². The van der Waals surface area contributed by atoms with Gasteiger partial charge in [-0.3, -0.25) is 4.99 Å². The molecule has 0 aliphatic carbocycles. The molecule has 0 aliphatic rings. The summed E-state index contributed by atoms with van der Waals surface area (Å²) in [5, 5.41) is 6.71. The van der Waals surface area contributed by atoms with Crippen LogP contribution in [-0.4, -0.2) is 38.8 Å². The van der Waals surface area contributed by atoms with Gasteiger partial charge in [-0.2, -0.15) is 0 Å². The first-order valence-electron chi connectivity index (χ1n) is 8.35. The van der Waals surface area contributed by atoms with Crippen molar-refractivity contribution in [2.45, 2.75) is 45.6 Å². The first kappa shape index (κ1) is 18.5. The van der Waals surface area contributed by atoms with E-state index < -0.39 is 0 Å². The van der Waals surface area contributed by atoms with Crippen LogP contribution in [0.25, 0.3) is 0 Å². The molecule has 1 unspecified atom stereocenters. The van der Waals surface area contributed by atoms with Crippen molar-refractivity contribution in [2.24, 2.45) is 4.99 Å². The molecule has 0 saturated carbocycles. The van der Waals surface area contributed by atoms with Crippen LogP contribution in [0.1, 0.15) is 38.7 Å². The fourth-order valence-electron chi connectivity index (χ4n) is 2.12. The van der Waals surface area contributed by atoms with Crippen molar-refractivity contribution in [1.82, 2.24) is 10.6 Å². The zero-order valence-corrected chi connectivity index (χ0v) is 14.3. The molecule has 1 atom stereocenters. The lowest BCUT2D eigenvalue weighted by molar-refractivity contribution is 0.136. The average molecular weight is 305 g/mol. The highest BCUT2D eigenvalue weighted by Gasteiger charge is 2.05. The standard InChI is InChI=1S/C18H31N3O/c1-4-5-14-22-15-13-20-18(19-3)21-16(2)11-12-17-9-7-6-8-10-17/h6-10,16H,4-5,11-15H2,1-3H3,(H2,19,20,21). The predicted molar refractivity (Wildman–Crippen MR) is 94.4 cm³/mol. The SMILES string of the molecule is CCCCOCCNC(=NC)NC(C)CCc1ccccc1. The lowest BCUT2D eigenvalue weighted by atomic mass is 10.1. The molecule has 0 amide bonds. The Bertz CT molecular complexity index is 406. The van der Waals surface area contributed by atoms with Crippen LogP contribution in [0.5, 0.6) is 0 Å². The summed E-state index contributed by atoms with van der Waals surface area (Å²) < 4.78 is 5.53. The summed E-state index contributed by atoms with van der Waals surface area (Å²) in [6.45, 7) is 6.71. The Balaban J connectivity index is 2.16. The molecule has 0 radical (unpaired) electrons. The highest BCUT2D eigenvalue weighted by Crippen LogP contribution is 2.04. The molecule has 22 heavy (non-hydrogen) atoms. The fraction of sp³-hybridized carbons (Fsp3) is 0.611. The average Bonchev–Trinajstić information content (AvgIpc) is 2.56. The van der Waals surface area contributed by atoms with Gasteiger partial charge < -0.3 is 15.4 Å². The van der Waals surface area contributed by atoms with Crippen LogP contribution in [0, 0.1) is 0 Å². The predicted octanol–water partition coefficient (Wildman–Crippen LogP) is 2.99. The van der Waals surface area contributed by atoms with Gasteiger partial charge in [0.05, 0.1) is 6.61 Å². The maximum atomic E-state index is 5.53. The van der Waals surface area contributed by atoms with Crippen LogP contribution in [-0.2, 0) is 11.2 Å². The summed E-state index contributed by atoms with van der Waals surface area (Å²) in [6.07, 6.45) is 4.46. The number of rotatable bonds is 10. The van der Waals surface area contributed by atoms with E-state index in [0.29, 0.717) is 6.04 Å². The minimum Gasteiger partial charge on any atom is -0.380 e. The number of aryl methyl sites for hydroxylation is 1. The summed E-state index contributed by atoms with van der Waals surface area (Å²) >= 11 is 0. The van der Waals surface area contributed by atoms with Crippen LogP contribution in [0.3, 0.4) is 0 Å². The first-order valence-corrected chi connectivity index (χ1v) is 8.35. The van der Waals surface area contributed by atoms with Gasteiger partial charge in [0.15, 0.2) is 5.96 Å². The molecular formula is C18H31N3O. The number of aliphatic imine (C=N–C) groups is 1. The van der Waals surface area contributed by atoms with Crippen molar-refractivity contribution in [1.29, 1.82) is 0 Å². The number of unbranched alkanes of at least 4 members (excludes halogenated alkanes) is 1. The highest BCUT2D eigenvalue weighted by atomic mass is 16.5. The van der Waals surface area contributed by atoms with E-state index in [2.05, 4.69) is 59.8 Å². The van der Waals surface area contributed by atoms with Gasteiger partial charge in [-0.1, -0.05) is 43.7 Å². The van der Waals surface area contributed by atoms with Crippen LogP contribution >= 0.6 is 0 Å². The number of hydrogen-bond donors (Lipinski definition) is 2. The molecule has 0 fully saturated rings. The molecule has 1 aromatic rings. The Hall–Kier alpha value is -1.55. The van der Waals surface area contributed by atoms with E-state index in [-0.39, 0.29) is 0 Å². The second-order valence-corrected chi connectivity index (χ2v) is 5.53. The normalized spacial score (nSPS) is 13.0. The molecule has 0 spiro atoms. The van der Waals surface area contributed by atoms with Crippen LogP contribution in [0.2, 0.25) is 0 Å². The smallest absolute Gasteiger partial charge is 0.191 e. The molecule has 1 rings (SSSR count). The van der Waals surface area contributed by atoms with Gasteiger partial charge in [-0.25, -0.2) is 0 Å². The fourth-order valence-corrected chi connectivity index (χ4v) is 2.12. The Morgan fingerprint density at radius 3 is 2.68 bits per heavy atom. The first-order chi connectivity index (χ1) is 10.8. The van der Waals surface area contributed by atoms with Crippen molar-refractivity contribution in [2.75, 3.05) is 26.8 Å². The van der Waals surface area contributed by atoms with Gasteiger partial charge in [-0.05, 0) is 31.7 Å². The third kappa shape index (κ3) is 8.67. The minimum absolute atomic E-state index is 0.382. The third-order valence-corrected chi connectivity index (χ3v) is 3.50. The molecule has 1 aromatic carbocycles. The third-order valence-electron chi connectivity index (χ3n) is 3.50. The van der Waals surface area contributed by atoms with E-state index in [1.165, 1.54) is 12.0 Å². The van der Waals surface area contributed by atoms with Crippen molar-refractivity contribution in [3.63, 3.8) is 0 Å². The van der Waals surface area contributed by atoms with Crippen LogP contribution in [0.15, 0.2) is 35.3 Å². The summed E-state index contributed by atoms with van der Waals surface area (Å²) in [6, 6.07) is 11.0. The van der Waals surface area contributed by atoms with E-state index in [9.17, 15) is 0 Å². The lowest BCUT2D eigenvalue weighted by Crippen LogP contribution is -2.43. The summed E-state index contributed by atoms with van der Waals surface area (Å²) in [5.41, 5.74) is 1.38. The molecule has 0 aromatic heterocycles. The van der Waals surface area contributed by atoms with Crippen molar-refractivity contribution >= 4 is 5.96 Å². The van der Waals surface area contributed by atoms with Crippen molar-refractivity contribution < 1.29 is 4.74 Å². The molecule has 0 bridgehead atoms. The molecule has 0 heterocycles. The highest BCUT2D eigenvalue weighted by molar-refractivity contribution is 5.79. The quantitative estimate of drug-likeness (QED) is 0.397. The minimum atomic E-state index is 0.382. The molecule has 0 saturated heterocycles. The van der Waals surface area contributed by atoms with E-state index in [0.717, 1.165) is 45.0 Å². The van der Waals surface area contributed by atoms with E-state index >= 15 is 0 Å². The second-order valence-electron chi connectivity index (χ2n) is 5.53. The summed E-state index contributed by atoms with van der Waals surface area (Å²) in [7, 11) is 1.80. The van der Waals surface area contributed by atoms with E-state index in [1.807, 2.05) is 0 Å². The topological polar surface area (TPSA) is 45.6 Å². The van der Waals surface area contributed by atoms with E-state index in [1.54, 1.807) is 7.05 Å². The Labute approximate surface area is 135 Å². The number of guanidine groups is 1. The van der Waals surface area contributed by atoms with E-state index in [4.69, 9.17) is 4.74 Å². The van der Waals surface area contributed by atoms with Gasteiger partial charge in [-0.15, -0.1) is 0 Å². The van der Waals surface area contributed by atoms with Gasteiger partial charge in [0.1, 0.15) is 0 Å². The maximum absolute atomic E-state index is 5.53. The van der Waals surface area contributed by atoms with Crippen LogP contribution < -0.4 is 10.6 Å². The second kappa shape index (κ2) is 12.0. The van der Waals surface area contributed by atoms with Gasteiger partial charge >= 0.3 is 0 Å². The maximum Gasteiger partial charge on any atom is 0.191 e. The van der Waals surface area contributed by atoms with Gasteiger partial charge in [0.2, 0.25) is 0 Å². The zero-order valence-electron chi connectivity index (χ0n) is 14.3.